The molecule has 0 spiro atoms. The van der Waals surface area contributed by atoms with Crippen molar-refractivity contribution in [2.75, 3.05) is 16.7 Å². The Morgan fingerprint density at radius 1 is 1.00 bits per heavy atom. The van der Waals surface area contributed by atoms with Crippen molar-refractivity contribution < 1.29 is 17.6 Å². The van der Waals surface area contributed by atoms with E-state index in [9.17, 15) is 17.6 Å². The maximum absolute atomic E-state index is 13.1. The fourth-order valence-corrected chi connectivity index (χ4v) is 4.13. The SMILES string of the molecule is CCc1ccccc1NC(=O)c1cccc(S(=O)(=O)N(C)c2ccc(F)cc2)c1. The van der Waals surface area contributed by atoms with Crippen molar-refractivity contribution in [2.45, 2.75) is 18.2 Å². The number of amides is 1. The number of sulfonamides is 1. The Balaban J connectivity index is 1.88. The lowest BCUT2D eigenvalue weighted by atomic mass is 10.1. The van der Waals surface area contributed by atoms with Gasteiger partial charge < -0.3 is 5.32 Å². The lowest BCUT2D eigenvalue weighted by molar-refractivity contribution is 0.102. The van der Waals surface area contributed by atoms with Gasteiger partial charge in [-0.3, -0.25) is 9.10 Å². The van der Waals surface area contributed by atoms with Crippen molar-refractivity contribution in [1.82, 2.24) is 0 Å². The monoisotopic (exact) mass is 412 g/mol. The number of carbonyl (C=O) groups excluding carboxylic acids is 1. The summed E-state index contributed by atoms with van der Waals surface area (Å²) in [5, 5.41) is 2.83. The molecule has 3 rings (SSSR count). The molecule has 3 aromatic rings. The van der Waals surface area contributed by atoms with Gasteiger partial charge in [-0.15, -0.1) is 0 Å². The Morgan fingerprint density at radius 2 is 1.69 bits per heavy atom. The van der Waals surface area contributed by atoms with Crippen LogP contribution in [0, 0.1) is 5.82 Å². The zero-order valence-electron chi connectivity index (χ0n) is 16.1. The Bertz CT molecular complexity index is 1130. The minimum Gasteiger partial charge on any atom is -0.322 e. The van der Waals surface area contributed by atoms with Gasteiger partial charge in [-0.1, -0.05) is 31.2 Å². The Labute approximate surface area is 169 Å². The standard InChI is InChI=1S/C22H21FN2O3S/c1-3-16-7-4-5-10-21(16)24-22(26)17-8-6-9-20(15-17)29(27,28)25(2)19-13-11-18(23)12-14-19/h4-15H,3H2,1-2H3,(H,24,26). The van der Waals surface area contributed by atoms with Crippen LogP contribution in [0.5, 0.6) is 0 Å². The third-order valence-electron chi connectivity index (χ3n) is 4.59. The van der Waals surface area contributed by atoms with Crippen LogP contribution in [0.4, 0.5) is 15.8 Å². The van der Waals surface area contributed by atoms with E-state index < -0.39 is 21.7 Å². The zero-order valence-corrected chi connectivity index (χ0v) is 16.9. The van der Waals surface area contributed by atoms with Crippen LogP contribution < -0.4 is 9.62 Å². The van der Waals surface area contributed by atoms with E-state index in [0.717, 1.165) is 16.3 Å². The van der Waals surface area contributed by atoms with Gasteiger partial charge in [0.15, 0.2) is 0 Å². The van der Waals surface area contributed by atoms with E-state index in [1.165, 1.54) is 49.5 Å². The Kier molecular flexibility index (Phi) is 5.98. The van der Waals surface area contributed by atoms with E-state index in [1.54, 1.807) is 12.1 Å². The maximum Gasteiger partial charge on any atom is 0.264 e. The Morgan fingerprint density at radius 3 is 2.38 bits per heavy atom. The third-order valence-corrected chi connectivity index (χ3v) is 6.37. The summed E-state index contributed by atoms with van der Waals surface area (Å²) in [6.45, 7) is 1.99. The van der Waals surface area contributed by atoms with Gasteiger partial charge in [0.05, 0.1) is 10.6 Å². The summed E-state index contributed by atoms with van der Waals surface area (Å²) in [5.74, 6) is -0.849. The molecule has 5 nitrogen and oxygen atoms in total. The normalized spacial score (nSPS) is 11.1. The highest BCUT2D eigenvalue weighted by molar-refractivity contribution is 7.92. The predicted octanol–water partition coefficient (Wildman–Crippen LogP) is 4.47. The number of hydrogen-bond acceptors (Lipinski definition) is 3. The van der Waals surface area contributed by atoms with Gasteiger partial charge in [-0.25, -0.2) is 12.8 Å². The van der Waals surface area contributed by atoms with E-state index in [4.69, 9.17) is 0 Å². The molecule has 7 heteroatoms. The van der Waals surface area contributed by atoms with Crippen molar-refractivity contribution in [3.05, 3.63) is 89.7 Å². The lowest BCUT2D eigenvalue weighted by Gasteiger charge is -2.20. The molecule has 0 saturated heterocycles. The first-order chi connectivity index (χ1) is 13.8. The second kappa shape index (κ2) is 8.45. The van der Waals surface area contributed by atoms with Gasteiger partial charge in [-0.2, -0.15) is 0 Å². The summed E-state index contributed by atoms with van der Waals surface area (Å²) in [6, 6.07) is 18.4. The summed E-state index contributed by atoms with van der Waals surface area (Å²) in [5.41, 5.74) is 2.22. The molecule has 0 heterocycles. The van der Waals surface area contributed by atoms with Gasteiger partial charge in [0.25, 0.3) is 15.9 Å². The molecule has 0 aliphatic carbocycles. The molecular formula is C22H21FN2O3S. The number of halogens is 1. The minimum atomic E-state index is -3.92. The quantitative estimate of drug-likeness (QED) is 0.650. The van der Waals surface area contributed by atoms with Gasteiger partial charge in [0.1, 0.15) is 5.82 Å². The number of hydrogen-bond donors (Lipinski definition) is 1. The molecule has 0 bridgehead atoms. The van der Waals surface area contributed by atoms with Crippen molar-refractivity contribution in [3.63, 3.8) is 0 Å². The number of nitrogens with one attached hydrogen (secondary N) is 1. The molecule has 0 unspecified atom stereocenters. The number of anilines is 2. The smallest absolute Gasteiger partial charge is 0.264 e. The molecule has 1 amide bonds. The number of nitrogens with zero attached hydrogens (tertiary/aromatic N) is 1. The summed E-state index contributed by atoms with van der Waals surface area (Å²) < 4.78 is 40.1. The van der Waals surface area contributed by atoms with Crippen LogP contribution in [0.2, 0.25) is 0 Å². The number of aryl methyl sites for hydroxylation is 1. The molecule has 29 heavy (non-hydrogen) atoms. The van der Waals surface area contributed by atoms with E-state index in [-0.39, 0.29) is 10.5 Å². The molecule has 0 atom stereocenters. The maximum atomic E-state index is 13.1. The van der Waals surface area contributed by atoms with E-state index in [1.807, 2.05) is 25.1 Å². The molecule has 0 saturated carbocycles. The largest absolute Gasteiger partial charge is 0.322 e. The molecule has 0 aromatic heterocycles. The highest BCUT2D eigenvalue weighted by Crippen LogP contribution is 2.23. The molecule has 0 radical (unpaired) electrons. The van der Waals surface area contributed by atoms with Crippen LogP contribution in [0.3, 0.4) is 0 Å². The van der Waals surface area contributed by atoms with Gasteiger partial charge in [0, 0.05) is 18.3 Å². The summed E-state index contributed by atoms with van der Waals surface area (Å²) >= 11 is 0. The summed E-state index contributed by atoms with van der Waals surface area (Å²) in [7, 11) is -2.53. The van der Waals surface area contributed by atoms with Crippen molar-refractivity contribution in [1.29, 1.82) is 0 Å². The highest BCUT2D eigenvalue weighted by Gasteiger charge is 2.22. The van der Waals surface area contributed by atoms with Gasteiger partial charge >= 0.3 is 0 Å². The summed E-state index contributed by atoms with van der Waals surface area (Å²) in [4.78, 5) is 12.7. The fraction of sp³-hybridized carbons (Fsp3) is 0.136. The lowest BCUT2D eigenvalue weighted by Crippen LogP contribution is -2.27. The van der Waals surface area contributed by atoms with Gasteiger partial charge in [-0.05, 0) is 60.5 Å². The third kappa shape index (κ3) is 4.46. The van der Waals surface area contributed by atoms with Crippen molar-refractivity contribution in [3.8, 4) is 0 Å². The van der Waals surface area contributed by atoms with Crippen molar-refractivity contribution >= 4 is 27.3 Å². The number of carbonyl (C=O) groups is 1. The second-order valence-electron chi connectivity index (χ2n) is 6.44. The molecule has 0 aliphatic heterocycles. The fourth-order valence-electron chi connectivity index (χ4n) is 2.89. The Hall–Kier alpha value is -3.19. The number of para-hydroxylation sites is 1. The molecule has 150 valence electrons. The average molecular weight is 412 g/mol. The van der Waals surface area contributed by atoms with Gasteiger partial charge in [0.2, 0.25) is 0 Å². The van der Waals surface area contributed by atoms with E-state index >= 15 is 0 Å². The average Bonchev–Trinajstić information content (AvgIpc) is 2.74. The topological polar surface area (TPSA) is 66.5 Å². The van der Waals surface area contributed by atoms with Crippen LogP contribution in [0.15, 0.2) is 77.7 Å². The minimum absolute atomic E-state index is 0.0271. The highest BCUT2D eigenvalue weighted by atomic mass is 32.2. The van der Waals surface area contributed by atoms with Crippen LogP contribution in [0.25, 0.3) is 0 Å². The predicted molar refractivity (Wildman–Crippen MR) is 112 cm³/mol. The zero-order chi connectivity index (χ0) is 21.0. The molecule has 0 fully saturated rings. The van der Waals surface area contributed by atoms with E-state index in [0.29, 0.717) is 11.4 Å². The molecular weight excluding hydrogens is 391 g/mol. The van der Waals surface area contributed by atoms with Crippen molar-refractivity contribution in [2.24, 2.45) is 0 Å². The molecule has 1 N–H and O–H groups in total. The van der Waals surface area contributed by atoms with Crippen LogP contribution in [0.1, 0.15) is 22.8 Å². The second-order valence-corrected chi connectivity index (χ2v) is 8.41. The first kappa shape index (κ1) is 20.5. The van der Waals surface area contributed by atoms with Crippen LogP contribution >= 0.6 is 0 Å². The molecule has 0 aliphatic rings. The van der Waals surface area contributed by atoms with Crippen LogP contribution in [-0.2, 0) is 16.4 Å². The number of rotatable bonds is 6. The molecule has 3 aromatic carbocycles. The summed E-state index contributed by atoms with van der Waals surface area (Å²) in [6.07, 6.45) is 0.757. The van der Waals surface area contributed by atoms with Crippen LogP contribution in [-0.4, -0.2) is 21.4 Å². The first-order valence-corrected chi connectivity index (χ1v) is 10.5. The van der Waals surface area contributed by atoms with E-state index in [2.05, 4.69) is 5.32 Å². The number of benzene rings is 3. The first-order valence-electron chi connectivity index (χ1n) is 9.06.